The third-order valence-corrected chi connectivity index (χ3v) is 5.20. The van der Waals surface area contributed by atoms with Crippen molar-refractivity contribution in [3.05, 3.63) is 59.2 Å². The Morgan fingerprint density at radius 2 is 1.69 bits per heavy atom. The normalized spacial score (nSPS) is 17.2. The summed E-state index contributed by atoms with van der Waals surface area (Å²) in [5.74, 6) is -1.63. The van der Waals surface area contributed by atoms with Gasteiger partial charge in [-0.25, -0.2) is 0 Å². The molecule has 0 unspecified atom stereocenters. The molecule has 0 aromatic heterocycles. The summed E-state index contributed by atoms with van der Waals surface area (Å²) in [5.41, 5.74) is 4.46. The number of para-hydroxylation sites is 1. The first-order valence-electron chi connectivity index (χ1n) is 9.71. The number of aryl methyl sites for hydroxylation is 3. The van der Waals surface area contributed by atoms with Crippen LogP contribution in [-0.4, -0.2) is 30.4 Å². The maximum absolute atomic E-state index is 12.5. The Bertz CT molecular complexity index is 916. The summed E-state index contributed by atoms with van der Waals surface area (Å²) in [6.45, 7) is 7.58. The summed E-state index contributed by atoms with van der Waals surface area (Å²) in [5, 5.41) is 2.83. The van der Waals surface area contributed by atoms with E-state index in [2.05, 4.69) is 5.32 Å². The molecule has 2 aromatic carbocycles. The Morgan fingerprint density at radius 3 is 2.31 bits per heavy atom. The standard InChI is InChI=1S/C23H26N2O4/c1-14-8-10-19(11-9-14)25-13-18(12-20(25)26)23(28)29-17(4)22(27)24-21-15(2)6-5-7-16(21)3/h5-11,17-18H,12-13H2,1-4H3,(H,24,27)/t17-,18-/m0/s1. The lowest BCUT2D eigenvalue weighted by Crippen LogP contribution is -2.33. The van der Waals surface area contributed by atoms with Crippen LogP contribution in [0.4, 0.5) is 11.4 Å². The van der Waals surface area contributed by atoms with E-state index in [1.165, 1.54) is 6.92 Å². The zero-order valence-electron chi connectivity index (χ0n) is 17.2. The molecule has 1 N–H and O–H groups in total. The van der Waals surface area contributed by atoms with Crippen LogP contribution in [0.15, 0.2) is 42.5 Å². The van der Waals surface area contributed by atoms with Crippen LogP contribution in [0.5, 0.6) is 0 Å². The van der Waals surface area contributed by atoms with E-state index >= 15 is 0 Å². The number of nitrogens with one attached hydrogen (secondary N) is 1. The zero-order valence-corrected chi connectivity index (χ0v) is 17.2. The predicted octanol–water partition coefficient (Wildman–Crippen LogP) is 3.54. The van der Waals surface area contributed by atoms with E-state index in [9.17, 15) is 14.4 Å². The van der Waals surface area contributed by atoms with Crippen LogP contribution in [0.3, 0.4) is 0 Å². The highest BCUT2D eigenvalue weighted by Crippen LogP contribution is 2.26. The lowest BCUT2D eigenvalue weighted by atomic mass is 10.1. The highest BCUT2D eigenvalue weighted by Gasteiger charge is 2.37. The molecular formula is C23H26N2O4. The van der Waals surface area contributed by atoms with Gasteiger partial charge in [0.1, 0.15) is 0 Å². The molecular weight excluding hydrogens is 368 g/mol. The first kappa shape index (κ1) is 20.6. The number of hydrogen-bond acceptors (Lipinski definition) is 4. The van der Waals surface area contributed by atoms with Crippen molar-refractivity contribution in [2.24, 2.45) is 5.92 Å². The second-order valence-corrected chi connectivity index (χ2v) is 7.58. The van der Waals surface area contributed by atoms with Crippen molar-refractivity contribution in [1.29, 1.82) is 0 Å². The second kappa shape index (κ2) is 8.47. The molecule has 0 spiro atoms. The fraction of sp³-hybridized carbons (Fsp3) is 0.348. The molecule has 2 atom stereocenters. The van der Waals surface area contributed by atoms with Gasteiger partial charge in [0.15, 0.2) is 6.10 Å². The van der Waals surface area contributed by atoms with Crippen LogP contribution in [-0.2, 0) is 19.1 Å². The molecule has 0 saturated carbocycles. The van der Waals surface area contributed by atoms with Crippen molar-refractivity contribution in [3.8, 4) is 0 Å². The monoisotopic (exact) mass is 394 g/mol. The van der Waals surface area contributed by atoms with Crippen molar-refractivity contribution < 1.29 is 19.1 Å². The molecule has 3 rings (SSSR count). The van der Waals surface area contributed by atoms with Gasteiger partial charge in [0, 0.05) is 24.3 Å². The van der Waals surface area contributed by atoms with Crippen LogP contribution >= 0.6 is 0 Å². The van der Waals surface area contributed by atoms with Gasteiger partial charge in [0.25, 0.3) is 5.91 Å². The van der Waals surface area contributed by atoms with Crippen LogP contribution < -0.4 is 10.2 Å². The number of carbonyl (C=O) groups is 3. The van der Waals surface area contributed by atoms with Gasteiger partial charge < -0.3 is 15.0 Å². The highest BCUT2D eigenvalue weighted by molar-refractivity contribution is 6.00. The molecule has 0 aliphatic carbocycles. The molecule has 0 radical (unpaired) electrons. The first-order chi connectivity index (χ1) is 13.8. The molecule has 1 fully saturated rings. The molecule has 1 heterocycles. The molecule has 29 heavy (non-hydrogen) atoms. The number of esters is 1. The average molecular weight is 394 g/mol. The number of ether oxygens (including phenoxy) is 1. The molecule has 6 nitrogen and oxygen atoms in total. The van der Waals surface area contributed by atoms with E-state index in [1.807, 2.05) is 63.2 Å². The van der Waals surface area contributed by atoms with E-state index in [0.717, 1.165) is 28.1 Å². The maximum atomic E-state index is 12.5. The van der Waals surface area contributed by atoms with Gasteiger partial charge in [-0.05, 0) is 51.0 Å². The summed E-state index contributed by atoms with van der Waals surface area (Å²) in [6, 6.07) is 13.3. The summed E-state index contributed by atoms with van der Waals surface area (Å²) in [4.78, 5) is 39.0. The number of hydrogen-bond donors (Lipinski definition) is 1. The summed E-state index contributed by atoms with van der Waals surface area (Å²) >= 11 is 0. The molecule has 152 valence electrons. The molecule has 2 amide bonds. The summed E-state index contributed by atoms with van der Waals surface area (Å²) in [7, 11) is 0. The third-order valence-electron chi connectivity index (χ3n) is 5.20. The molecule has 1 saturated heterocycles. The van der Waals surface area contributed by atoms with E-state index in [-0.39, 0.29) is 18.9 Å². The van der Waals surface area contributed by atoms with Crippen LogP contribution in [0.1, 0.15) is 30.0 Å². The van der Waals surface area contributed by atoms with Crippen molar-refractivity contribution in [3.63, 3.8) is 0 Å². The van der Waals surface area contributed by atoms with Gasteiger partial charge in [0.05, 0.1) is 5.92 Å². The predicted molar refractivity (Wildman–Crippen MR) is 112 cm³/mol. The Labute approximate surface area is 170 Å². The number of rotatable bonds is 5. The molecule has 1 aliphatic rings. The maximum Gasteiger partial charge on any atom is 0.312 e. The van der Waals surface area contributed by atoms with E-state index in [1.54, 1.807) is 4.90 Å². The Morgan fingerprint density at radius 1 is 1.07 bits per heavy atom. The third kappa shape index (κ3) is 4.65. The number of carbonyl (C=O) groups excluding carboxylic acids is 3. The van der Waals surface area contributed by atoms with Crippen molar-refractivity contribution in [2.45, 2.75) is 40.2 Å². The van der Waals surface area contributed by atoms with Gasteiger partial charge in [-0.2, -0.15) is 0 Å². The lowest BCUT2D eigenvalue weighted by Gasteiger charge is -2.19. The molecule has 0 bridgehead atoms. The number of anilines is 2. The SMILES string of the molecule is Cc1ccc(N2C[C@@H](C(=O)O[C@@H](C)C(=O)Nc3c(C)cccc3C)CC2=O)cc1. The van der Waals surface area contributed by atoms with Crippen molar-refractivity contribution in [1.82, 2.24) is 0 Å². The molecule has 1 aliphatic heterocycles. The fourth-order valence-electron chi connectivity index (χ4n) is 3.40. The van der Waals surface area contributed by atoms with E-state index in [0.29, 0.717) is 0 Å². The fourth-order valence-corrected chi connectivity index (χ4v) is 3.40. The lowest BCUT2D eigenvalue weighted by molar-refractivity contribution is -0.157. The topological polar surface area (TPSA) is 75.7 Å². The van der Waals surface area contributed by atoms with Gasteiger partial charge in [0.2, 0.25) is 5.91 Å². The minimum absolute atomic E-state index is 0.0813. The molecule has 6 heteroatoms. The second-order valence-electron chi connectivity index (χ2n) is 7.58. The number of amides is 2. The van der Waals surface area contributed by atoms with Gasteiger partial charge in [-0.15, -0.1) is 0 Å². The van der Waals surface area contributed by atoms with Crippen LogP contribution in [0, 0.1) is 26.7 Å². The zero-order chi connectivity index (χ0) is 21.1. The summed E-state index contributed by atoms with van der Waals surface area (Å²) in [6.07, 6.45) is -0.872. The summed E-state index contributed by atoms with van der Waals surface area (Å²) < 4.78 is 5.37. The Kier molecular flexibility index (Phi) is 6.01. The highest BCUT2D eigenvalue weighted by atomic mass is 16.5. The van der Waals surface area contributed by atoms with Gasteiger partial charge in [-0.3, -0.25) is 14.4 Å². The van der Waals surface area contributed by atoms with Crippen LogP contribution in [0.2, 0.25) is 0 Å². The van der Waals surface area contributed by atoms with Crippen molar-refractivity contribution >= 4 is 29.2 Å². The largest absolute Gasteiger partial charge is 0.452 e. The van der Waals surface area contributed by atoms with Gasteiger partial charge >= 0.3 is 5.97 Å². The number of benzene rings is 2. The van der Waals surface area contributed by atoms with Crippen molar-refractivity contribution in [2.75, 3.05) is 16.8 Å². The minimum Gasteiger partial charge on any atom is -0.452 e. The quantitative estimate of drug-likeness (QED) is 0.787. The van der Waals surface area contributed by atoms with E-state index < -0.39 is 23.9 Å². The average Bonchev–Trinajstić information content (AvgIpc) is 3.07. The van der Waals surface area contributed by atoms with Gasteiger partial charge in [-0.1, -0.05) is 35.9 Å². The van der Waals surface area contributed by atoms with Crippen LogP contribution in [0.25, 0.3) is 0 Å². The number of nitrogens with zero attached hydrogens (tertiary/aromatic N) is 1. The van der Waals surface area contributed by atoms with E-state index in [4.69, 9.17) is 4.74 Å². The Balaban J connectivity index is 1.60. The molecule has 2 aromatic rings. The first-order valence-corrected chi connectivity index (χ1v) is 9.71. The minimum atomic E-state index is -0.954. The smallest absolute Gasteiger partial charge is 0.312 e. The Hall–Kier alpha value is -3.15.